The second-order valence-corrected chi connectivity index (χ2v) is 3.20. The van der Waals surface area contributed by atoms with Gasteiger partial charge in [0.15, 0.2) is 0 Å². The van der Waals surface area contributed by atoms with Crippen molar-refractivity contribution in [3.05, 3.63) is 41.4 Å². The average molecular weight is 203 g/mol. The van der Waals surface area contributed by atoms with Gasteiger partial charge in [0.25, 0.3) is 0 Å². The standard InChI is InChI=1S/C11H5ClNO/c12-9-5-4-8-2-1-3-11(13-7-14)10(8)6-9/h1-2,4-6H. The number of isocyanates is 1. The van der Waals surface area contributed by atoms with Crippen LogP contribution in [0, 0.1) is 6.07 Å². The molecule has 0 aliphatic rings. The average Bonchev–Trinajstić information content (AvgIpc) is 2.19. The molecular formula is C11H5ClNO. The van der Waals surface area contributed by atoms with Crippen molar-refractivity contribution in [3.8, 4) is 0 Å². The second-order valence-electron chi connectivity index (χ2n) is 2.76. The lowest BCUT2D eigenvalue weighted by Crippen LogP contribution is -1.74. The van der Waals surface area contributed by atoms with E-state index in [1.807, 2.05) is 12.1 Å². The van der Waals surface area contributed by atoms with Crippen LogP contribution in [0.4, 0.5) is 5.69 Å². The summed E-state index contributed by atoms with van der Waals surface area (Å²) in [5.41, 5.74) is 0.472. The summed E-state index contributed by atoms with van der Waals surface area (Å²) in [5.74, 6) is 0. The lowest BCUT2D eigenvalue weighted by molar-refractivity contribution is 0.565. The Morgan fingerprint density at radius 2 is 2.21 bits per heavy atom. The van der Waals surface area contributed by atoms with Crippen LogP contribution in [0.15, 0.2) is 35.3 Å². The Labute approximate surface area is 85.8 Å². The Morgan fingerprint density at radius 1 is 1.36 bits per heavy atom. The van der Waals surface area contributed by atoms with E-state index in [0.717, 1.165) is 10.8 Å². The maximum Gasteiger partial charge on any atom is 0.240 e. The zero-order valence-electron chi connectivity index (χ0n) is 7.12. The van der Waals surface area contributed by atoms with Crippen LogP contribution in [0.2, 0.25) is 5.02 Å². The number of halogens is 1. The van der Waals surface area contributed by atoms with Crippen LogP contribution < -0.4 is 0 Å². The highest BCUT2D eigenvalue weighted by Crippen LogP contribution is 2.27. The second kappa shape index (κ2) is 3.62. The van der Waals surface area contributed by atoms with Crippen LogP contribution in [0.1, 0.15) is 0 Å². The zero-order chi connectivity index (χ0) is 9.97. The molecule has 0 amide bonds. The third-order valence-electron chi connectivity index (χ3n) is 1.91. The summed E-state index contributed by atoms with van der Waals surface area (Å²) in [7, 11) is 0. The third-order valence-corrected chi connectivity index (χ3v) is 2.15. The molecule has 0 atom stereocenters. The fraction of sp³-hybridized carbons (Fsp3) is 0. The largest absolute Gasteiger partial charge is 0.240 e. The Bertz CT molecular complexity index is 530. The number of hydrogen-bond donors (Lipinski definition) is 0. The lowest BCUT2D eigenvalue weighted by Gasteiger charge is -1.99. The fourth-order valence-corrected chi connectivity index (χ4v) is 1.48. The first kappa shape index (κ1) is 8.95. The normalized spacial score (nSPS) is 9.79. The topological polar surface area (TPSA) is 29.4 Å². The molecule has 0 heterocycles. The molecule has 0 aromatic heterocycles. The first-order chi connectivity index (χ1) is 6.81. The van der Waals surface area contributed by atoms with Crippen molar-refractivity contribution in [1.82, 2.24) is 0 Å². The Hall–Kier alpha value is -1.63. The summed E-state index contributed by atoms with van der Waals surface area (Å²) in [6.45, 7) is 0. The molecule has 0 N–H and O–H groups in total. The van der Waals surface area contributed by atoms with Crippen molar-refractivity contribution in [3.63, 3.8) is 0 Å². The molecule has 0 saturated carbocycles. The van der Waals surface area contributed by atoms with E-state index in [0.29, 0.717) is 10.7 Å². The molecule has 14 heavy (non-hydrogen) atoms. The van der Waals surface area contributed by atoms with E-state index < -0.39 is 0 Å². The van der Waals surface area contributed by atoms with Crippen molar-refractivity contribution in [1.29, 1.82) is 0 Å². The van der Waals surface area contributed by atoms with Crippen molar-refractivity contribution < 1.29 is 4.79 Å². The van der Waals surface area contributed by atoms with Gasteiger partial charge >= 0.3 is 0 Å². The number of nitrogens with zero attached hydrogens (tertiary/aromatic N) is 1. The number of fused-ring (bicyclic) bond motifs is 1. The minimum atomic E-state index is 0.472. The molecule has 0 saturated heterocycles. The highest BCUT2D eigenvalue weighted by atomic mass is 35.5. The summed E-state index contributed by atoms with van der Waals surface area (Å²) < 4.78 is 0. The predicted octanol–water partition coefficient (Wildman–Crippen LogP) is 3.26. The maximum atomic E-state index is 10.2. The first-order valence-corrected chi connectivity index (χ1v) is 4.37. The van der Waals surface area contributed by atoms with Crippen molar-refractivity contribution in [2.75, 3.05) is 0 Å². The molecular weight excluding hydrogens is 198 g/mol. The van der Waals surface area contributed by atoms with Gasteiger partial charge in [0, 0.05) is 16.5 Å². The highest BCUT2D eigenvalue weighted by Gasteiger charge is 2.00. The van der Waals surface area contributed by atoms with Gasteiger partial charge in [0.1, 0.15) is 0 Å². The minimum absolute atomic E-state index is 0.472. The molecule has 0 bridgehead atoms. The van der Waals surface area contributed by atoms with Gasteiger partial charge in [-0.15, -0.1) is 0 Å². The Morgan fingerprint density at radius 3 is 3.00 bits per heavy atom. The predicted molar refractivity (Wildman–Crippen MR) is 55.6 cm³/mol. The summed E-state index contributed by atoms with van der Waals surface area (Å²) >= 11 is 5.84. The molecule has 0 aliphatic heterocycles. The maximum absolute atomic E-state index is 10.2. The van der Waals surface area contributed by atoms with Gasteiger partial charge in [-0.3, -0.25) is 0 Å². The van der Waals surface area contributed by atoms with Crippen LogP contribution in [-0.2, 0) is 4.79 Å². The van der Waals surface area contributed by atoms with Gasteiger partial charge in [-0.05, 0) is 17.5 Å². The van der Waals surface area contributed by atoms with E-state index in [2.05, 4.69) is 11.1 Å². The molecule has 2 nitrogen and oxygen atoms in total. The van der Waals surface area contributed by atoms with Gasteiger partial charge in [-0.1, -0.05) is 29.8 Å². The zero-order valence-corrected chi connectivity index (χ0v) is 7.88. The van der Waals surface area contributed by atoms with Gasteiger partial charge in [0.2, 0.25) is 6.08 Å². The fourth-order valence-electron chi connectivity index (χ4n) is 1.31. The van der Waals surface area contributed by atoms with Crippen molar-refractivity contribution >= 4 is 34.1 Å². The summed E-state index contributed by atoms with van der Waals surface area (Å²) in [4.78, 5) is 13.7. The highest BCUT2D eigenvalue weighted by molar-refractivity contribution is 6.31. The third kappa shape index (κ3) is 1.53. The van der Waals surface area contributed by atoms with Crippen LogP contribution in [0.3, 0.4) is 0 Å². The molecule has 1 radical (unpaired) electrons. The number of hydrogen-bond acceptors (Lipinski definition) is 2. The molecule has 2 aromatic rings. The molecule has 0 fully saturated rings. The first-order valence-electron chi connectivity index (χ1n) is 3.99. The van der Waals surface area contributed by atoms with E-state index in [-0.39, 0.29) is 0 Å². The Balaban J connectivity index is 2.83. The van der Waals surface area contributed by atoms with Crippen LogP contribution in [0.5, 0.6) is 0 Å². The van der Waals surface area contributed by atoms with E-state index in [1.54, 1.807) is 18.2 Å². The number of aliphatic imine (C=N–C) groups is 1. The Kier molecular flexibility index (Phi) is 2.32. The molecule has 0 aliphatic carbocycles. The summed E-state index contributed by atoms with van der Waals surface area (Å²) in [6, 6.07) is 11.9. The molecule has 0 spiro atoms. The van der Waals surface area contributed by atoms with E-state index >= 15 is 0 Å². The summed E-state index contributed by atoms with van der Waals surface area (Å²) in [5, 5.41) is 2.39. The van der Waals surface area contributed by atoms with Crippen molar-refractivity contribution in [2.24, 2.45) is 4.99 Å². The van der Waals surface area contributed by atoms with E-state index in [4.69, 9.17) is 11.6 Å². The van der Waals surface area contributed by atoms with Crippen molar-refractivity contribution in [2.45, 2.75) is 0 Å². The number of carbonyl (C=O) groups excluding carboxylic acids is 1. The smallest absolute Gasteiger partial charge is 0.211 e. The lowest BCUT2D eigenvalue weighted by atomic mass is 10.1. The van der Waals surface area contributed by atoms with Gasteiger partial charge in [-0.25, -0.2) is 4.79 Å². The quantitative estimate of drug-likeness (QED) is 0.516. The van der Waals surface area contributed by atoms with Gasteiger partial charge in [0.05, 0.1) is 5.69 Å². The molecule has 2 aromatic carbocycles. The number of rotatable bonds is 1. The van der Waals surface area contributed by atoms with Gasteiger partial charge in [-0.2, -0.15) is 4.99 Å². The van der Waals surface area contributed by atoms with E-state index in [1.165, 1.54) is 6.08 Å². The molecule has 67 valence electrons. The van der Waals surface area contributed by atoms with Gasteiger partial charge < -0.3 is 0 Å². The summed E-state index contributed by atoms with van der Waals surface area (Å²) in [6.07, 6.45) is 1.50. The number of benzene rings is 2. The van der Waals surface area contributed by atoms with Crippen LogP contribution in [0.25, 0.3) is 10.8 Å². The van der Waals surface area contributed by atoms with Crippen LogP contribution in [-0.4, -0.2) is 6.08 Å². The minimum Gasteiger partial charge on any atom is -0.211 e. The SMILES string of the molecule is O=C=Nc1[c]ccc2ccc(Cl)cc12. The molecule has 2 rings (SSSR count). The monoisotopic (exact) mass is 202 g/mol. The molecule has 0 unspecified atom stereocenters. The van der Waals surface area contributed by atoms with Crippen LogP contribution >= 0.6 is 11.6 Å². The molecule has 3 heteroatoms. The van der Waals surface area contributed by atoms with E-state index in [9.17, 15) is 4.79 Å².